The molecule has 9 heteroatoms. The van der Waals surface area contributed by atoms with E-state index in [2.05, 4.69) is 10.6 Å². The molecule has 29 heavy (non-hydrogen) atoms. The number of benzene rings is 2. The summed E-state index contributed by atoms with van der Waals surface area (Å²) in [6, 6.07) is 10.9. The number of carbonyl (C=O) groups excluding carboxylic acids is 1. The molecule has 2 aromatic rings. The Labute approximate surface area is 175 Å². The van der Waals surface area contributed by atoms with Crippen LogP contribution in [-0.4, -0.2) is 37.6 Å². The van der Waals surface area contributed by atoms with Gasteiger partial charge >= 0.3 is 0 Å². The SMILES string of the molecule is COc1ccc(Oc2ccc([N+](=O)[O-])cc2C(=O)NCCC2CCNC2)cc1.Cl. The molecule has 8 nitrogen and oxygen atoms in total. The van der Waals surface area contributed by atoms with Gasteiger partial charge in [-0.1, -0.05) is 0 Å². The van der Waals surface area contributed by atoms with E-state index in [4.69, 9.17) is 9.47 Å². The predicted molar refractivity (Wildman–Crippen MR) is 111 cm³/mol. The molecule has 1 fully saturated rings. The van der Waals surface area contributed by atoms with E-state index in [0.717, 1.165) is 25.9 Å². The van der Waals surface area contributed by atoms with Crippen molar-refractivity contribution in [3.63, 3.8) is 0 Å². The van der Waals surface area contributed by atoms with Gasteiger partial charge in [0.25, 0.3) is 11.6 Å². The lowest BCUT2D eigenvalue weighted by atomic mass is 10.1. The number of nitrogens with one attached hydrogen (secondary N) is 2. The van der Waals surface area contributed by atoms with Crippen molar-refractivity contribution in [3.8, 4) is 17.2 Å². The average Bonchev–Trinajstić information content (AvgIpc) is 3.22. The molecular formula is C20H24ClN3O5. The molecule has 1 atom stereocenters. The second-order valence-corrected chi connectivity index (χ2v) is 6.62. The van der Waals surface area contributed by atoms with Crippen molar-refractivity contribution in [2.45, 2.75) is 12.8 Å². The lowest BCUT2D eigenvalue weighted by Gasteiger charge is -2.13. The fourth-order valence-electron chi connectivity index (χ4n) is 3.11. The number of carbonyl (C=O) groups is 1. The standard InChI is InChI=1S/C20H23N3O5.ClH/c1-27-16-3-5-17(6-4-16)28-19-7-2-15(23(25)26)12-18(19)20(24)22-11-9-14-8-10-21-13-14;/h2-7,12,14,21H,8-11,13H2,1H3,(H,22,24);1H. The molecule has 1 aliphatic rings. The third kappa shape index (κ3) is 6.07. The fraction of sp³-hybridized carbons (Fsp3) is 0.350. The highest BCUT2D eigenvalue weighted by Crippen LogP contribution is 2.30. The Balaban J connectivity index is 0.00000300. The first-order chi connectivity index (χ1) is 13.6. The van der Waals surface area contributed by atoms with Crippen LogP contribution >= 0.6 is 12.4 Å². The maximum Gasteiger partial charge on any atom is 0.270 e. The van der Waals surface area contributed by atoms with E-state index in [0.29, 0.717) is 24.0 Å². The summed E-state index contributed by atoms with van der Waals surface area (Å²) in [6.07, 6.45) is 1.96. The zero-order valence-electron chi connectivity index (χ0n) is 16.1. The maximum absolute atomic E-state index is 12.7. The first-order valence-electron chi connectivity index (χ1n) is 9.16. The van der Waals surface area contributed by atoms with Gasteiger partial charge in [-0.25, -0.2) is 0 Å². The average molecular weight is 422 g/mol. The molecule has 0 aromatic heterocycles. The minimum atomic E-state index is -0.530. The lowest BCUT2D eigenvalue weighted by molar-refractivity contribution is -0.384. The molecule has 3 rings (SSSR count). The van der Waals surface area contributed by atoms with Gasteiger partial charge < -0.3 is 20.1 Å². The normalized spacial score (nSPS) is 15.3. The van der Waals surface area contributed by atoms with Gasteiger partial charge in [0.05, 0.1) is 17.6 Å². The number of hydrogen-bond acceptors (Lipinski definition) is 6. The topological polar surface area (TPSA) is 103 Å². The molecule has 1 heterocycles. The van der Waals surface area contributed by atoms with E-state index < -0.39 is 10.8 Å². The first-order valence-corrected chi connectivity index (χ1v) is 9.16. The minimum absolute atomic E-state index is 0. The number of nitrogens with zero attached hydrogens (tertiary/aromatic N) is 1. The molecule has 1 saturated heterocycles. The number of non-ortho nitro benzene ring substituents is 1. The van der Waals surface area contributed by atoms with Gasteiger partial charge in [0, 0.05) is 18.7 Å². The molecule has 0 saturated carbocycles. The summed E-state index contributed by atoms with van der Waals surface area (Å²) in [5.74, 6) is 1.59. The zero-order chi connectivity index (χ0) is 19.9. The van der Waals surface area contributed by atoms with Crippen molar-refractivity contribution in [2.75, 3.05) is 26.7 Å². The molecule has 0 radical (unpaired) electrons. The number of halogens is 1. The summed E-state index contributed by atoms with van der Waals surface area (Å²) in [4.78, 5) is 23.2. The van der Waals surface area contributed by atoms with Crippen molar-refractivity contribution in [2.24, 2.45) is 5.92 Å². The monoisotopic (exact) mass is 421 g/mol. The number of amides is 1. The summed E-state index contributed by atoms with van der Waals surface area (Å²) >= 11 is 0. The molecular weight excluding hydrogens is 398 g/mol. The van der Waals surface area contributed by atoms with Crippen LogP contribution in [-0.2, 0) is 0 Å². The summed E-state index contributed by atoms with van der Waals surface area (Å²) in [5.41, 5.74) is -0.0261. The van der Waals surface area contributed by atoms with Crippen LogP contribution < -0.4 is 20.1 Å². The van der Waals surface area contributed by atoms with Crippen LogP contribution in [0.25, 0.3) is 0 Å². The number of hydrogen-bond donors (Lipinski definition) is 2. The van der Waals surface area contributed by atoms with Crippen LogP contribution in [0, 0.1) is 16.0 Å². The van der Waals surface area contributed by atoms with Crippen LogP contribution in [0.1, 0.15) is 23.2 Å². The number of ether oxygens (including phenoxy) is 2. The van der Waals surface area contributed by atoms with Crippen molar-refractivity contribution in [3.05, 3.63) is 58.1 Å². The van der Waals surface area contributed by atoms with Gasteiger partial charge in [0.2, 0.25) is 0 Å². The Morgan fingerprint density at radius 2 is 1.97 bits per heavy atom. The van der Waals surface area contributed by atoms with E-state index in [1.165, 1.54) is 18.2 Å². The van der Waals surface area contributed by atoms with E-state index in [-0.39, 0.29) is 29.4 Å². The highest BCUT2D eigenvalue weighted by Gasteiger charge is 2.19. The summed E-state index contributed by atoms with van der Waals surface area (Å²) in [5, 5.41) is 17.3. The van der Waals surface area contributed by atoms with Gasteiger partial charge in [-0.2, -0.15) is 0 Å². The Morgan fingerprint density at radius 3 is 2.59 bits per heavy atom. The van der Waals surface area contributed by atoms with Crippen LogP contribution in [0.4, 0.5) is 5.69 Å². The predicted octanol–water partition coefficient (Wildman–Crippen LogP) is 3.55. The van der Waals surface area contributed by atoms with Crippen LogP contribution in [0.3, 0.4) is 0 Å². The molecule has 0 aliphatic carbocycles. The maximum atomic E-state index is 12.7. The Hall–Kier alpha value is -2.84. The van der Waals surface area contributed by atoms with Gasteiger partial charge in [-0.05, 0) is 62.2 Å². The Kier molecular flexibility index (Phi) is 8.23. The Morgan fingerprint density at radius 1 is 1.24 bits per heavy atom. The second-order valence-electron chi connectivity index (χ2n) is 6.62. The van der Waals surface area contributed by atoms with Gasteiger partial charge in [-0.15, -0.1) is 12.4 Å². The van der Waals surface area contributed by atoms with Gasteiger partial charge in [0.15, 0.2) is 0 Å². The van der Waals surface area contributed by atoms with E-state index in [1.54, 1.807) is 31.4 Å². The summed E-state index contributed by atoms with van der Waals surface area (Å²) in [6.45, 7) is 2.47. The van der Waals surface area contributed by atoms with Crippen molar-refractivity contribution in [1.82, 2.24) is 10.6 Å². The smallest absolute Gasteiger partial charge is 0.270 e. The molecule has 1 aliphatic heterocycles. The number of rotatable bonds is 8. The molecule has 156 valence electrons. The van der Waals surface area contributed by atoms with E-state index >= 15 is 0 Å². The number of methoxy groups -OCH3 is 1. The van der Waals surface area contributed by atoms with Crippen LogP contribution in [0.2, 0.25) is 0 Å². The van der Waals surface area contributed by atoms with E-state index in [1.807, 2.05) is 0 Å². The fourth-order valence-corrected chi connectivity index (χ4v) is 3.11. The lowest BCUT2D eigenvalue weighted by Crippen LogP contribution is -2.26. The van der Waals surface area contributed by atoms with Crippen molar-refractivity contribution >= 4 is 24.0 Å². The largest absolute Gasteiger partial charge is 0.497 e. The van der Waals surface area contributed by atoms with Crippen LogP contribution in [0.5, 0.6) is 17.2 Å². The summed E-state index contributed by atoms with van der Waals surface area (Å²) < 4.78 is 10.9. The minimum Gasteiger partial charge on any atom is -0.497 e. The molecule has 2 aromatic carbocycles. The number of nitro groups is 1. The highest BCUT2D eigenvalue weighted by atomic mass is 35.5. The van der Waals surface area contributed by atoms with Gasteiger partial charge in [0.1, 0.15) is 17.2 Å². The third-order valence-electron chi connectivity index (χ3n) is 4.71. The molecule has 1 amide bonds. The molecule has 2 N–H and O–H groups in total. The molecule has 0 bridgehead atoms. The number of nitro benzene ring substituents is 1. The first kappa shape index (κ1) is 22.4. The molecule has 0 spiro atoms. The van der Waals surface area contributed by atoms with Crippen molar-refractivity contribution in [1.29, 1.82) is 0 Å². The zero-order valence-corrected chi connectivity index (χ0v) is 16.9. The van der Waals surface area contributed by atoms with E-state index in [9.17, 15) is 14.9 Å². The third-order valence-corrected chi connectivity index (χ3v) is 4.71. The van der Waals surface area contributed by atoms with Gasteiger partial charge in [-0.3, -0.25) is 14.9 Å². The second kappa shape index (κ2) is 10.6. The van der Waals surface area contributed by atoms with Crippen LogP contribution in [0.15, 0.2) is 42.5 Å². The summed E-state index contributed by atoms with van der Waals surface area (Å²) in [7, 11) is 1.57. The Bertz CT molecular complexity index is 839. The molecule has 1 unspecified atom stereocenters. The van der Waals surface area contributed by atoms with Crippen molar-refractivity contribution < 1.29 is 19.2 Å². The highest BCUT2D eigenvalue weighted by molar-refractivity contribution is 5.97. The quantitative estimate of drug-likeness (QED) is 0.499.